The molecule has 3 heterocycles. The van der Waals surface area contributed by atoms with Gasteiger partial charge >= 0.3 is 11.9 Å². The molecule has 4 rings (SSSR count). The van der Waals surface area contributed by atoms with Gasteiger partial charge in [-0.1, -0.05) is 23.7 Å². The fourth-order valence-electron chi connectivity index (χ4n) is 3.76. The summed E-state index contributed by atoms with van der Waals surface area (Å²) < 4.78 is 52.8. The Kier molecular flexibility index (Phi) is 7.15. The highest BCUT2D eigenvalue weighted by atomic mass is 35.5. The van der Waals surface area contributed by atoms with Crippen LogP contribution < -0.4 is 11.2 Å². The van der Waals surface area contributed by atoms with E-state index in [1.807, 2.05) is 0 Å². The molecule has 0 bridgehead atoms. The van der Waals surface area contributed by atoms with Crippen LogP contribution in [0.5, 0.6) is 0 Å². The third-order valence-corrected chi connectivity index (χ3v) is 5.61. The first-order valence-corrected chi connectivity index (χ1v) is 11.2. The normalized spacial score (nSPS) is 13.2. The van der Waals surface area contributed by atoms with E-state index in [2.05, 4.69) is 20.4 Å². The van der Waals surface area contributed by atoms with E-state index in [1.165, 1.54) is 16.9 Å². The van der Waals surface area contributed by atoms with Crippen molar-refractivity contribution in [3.05, 3.63) is 67.9 Å². The number of aryl methyl sites for hydroxylation is 1. The van der Waals surface area contributed by atoms with Gasteiger partial charge in [0, 0.05) is 32.4 Å². The monoisotopic (exact) mass is 513 g/mol. The number of nitrogens with zero attached hydrogens (tertiary/aromatic N) is 7. The van der Waals surface area contributed by atoms with Crippen LogP contribution in [0, 0.1) is 5.82 Å². The lowest BCUT2D eigenvalue weighted by Gasteiger charge is -2.14. The molecule has 0 radical (unpaired) electrons. The van der Waals surface area contributed by atoms with Crippen molar-refractivity contribution in [3.63, 3.8) is 0 Å². The van der Waals surface area contributed by atoms with Gasteiger partial charge in [-0.3, -0.25) is 13.9 Å². The second-order valence-corrected chi connectivity index (χ2v) is 8.47. The quantitative estimate of drug-likeness (QED) is 0.410. The van der Waals surface area contributed by atoms with E-state index in [4.69, 9.17) is 11.6 Å². The summed E-state index contributed by atoms with van der Waals surface area (Å²) in [4.78, 5) is 31.1. The largest absolute Gasteiger partial charge is 0.389 e. The van der Waals surface area contributed by atoms with E-state index in [1.54, 1.807) is 12.1 Å². The smallest absolute Gasteiger partial charge is 0.278 e. The molecule has 0 fully saturated rings. The van der Waals surface area contributed by atoms with Gasteiger partial charge in [0.15, 0.2) is 5.82 Å². The van der Waals surface area contributed by atoms with E-state index >= 15 is 0 Å². The lowest BCUT2D eigenvalue weighted by molar-refractivity contribution is -0.135. The number of aromatic nitrogens is 6. The molecule has 0 amide bonds. The number of benzene rings is 1. The summed E-state index contributed by atoms with van der Waals surface area (Å²) in [5.41, 5.74) is -0.320. The highest BCUT2D eigenvalue weighted by molar-refractivity contribution is 6.66. The maximum absolute atomic E-state index is 13.0. The van der Waals surface area contributed by atoms with Crippen molar-refractivity contribution in [2.45, 2.75) is 57.9 Å². The van der Waals surface area contributed by atoms with Gasteiger partial charge in [-0.2, -0.15) is 18.0 Å². The maximum Gasteiger partial charge on any atom is 0.389 e. The van der Waals surface area contributed by atoms with E-state index in [9.17, 15) is 27.2 Å². The van der Waals surface area contributed by atoms with Gasteiger partial charge in [0.2, 0.25) is 0 Å². The molecule has 2 aromatic heterocycles. The van der Waals surface area contributed by atoms with Crippen LogP contribution in [0.2, 0.25) is 0 Å². The van der Waals surface area contributed by atoms with Crippen molar-refractivity contribution in [2.24, 2.45) is 4.99 Å². The number of alkyl halides is 3. The molecule has 14 heteroatoms. The molecule has 1 aromatic carbocycles. The van der Waals surface area contributed by atoms with Gasteiger partial charge in [0.1, 0.15) is 16.8 Å². The number of fused-ring (bicyclic) bond motifs is 1. The van der Waals surface area contributed by atoms with Crippen LogP contribution in [0.4, 0.5) is 23.4 Å². The van der Waals surface area contributed by atoms with Crippen LogP contribution in [0.15, 0.2) is 38.8 Å². The minimum absolute atomic E-state index is 0.00330. The maximum atomic E-state index is 13.0. The zero-order chi connectivity index (χ0) is 25.2. The SMILES string of the molecule is O=c1c2c(n(CCCC(F)(F)F)c(=O)n1CCCn1nnc(Cc3ccc(F)cc3)n1)N=C(Cl)C2. The number of hydrogen-bond donors (Lipinski definition) is 0. The van der Waals surface area contributed by atoms with Crippen LogP contribution in [0.1, 0.15) is 36.2 Å². The summed E-state index contributed by atoms with van der Waals surface area (Å²) >= 11 is 5.95. The molecule has 186 valence electrons. The van der Waals surface area contributed by atoms with Crippen molar-refractivity contribution < 1.29 is 17.6 Å². The fourth-order valence-corrected chi connectivity index (χ4v) is 3.97. The lowest BCUT2D eigenvalue weighted by Crippen LogP contribution is -2.41. The molecule has 0 spiro atoms. The Bertz CT molecular complexity index is 1360. The van der Waals surface area contributed by atoms with Gasteiger partial charge in [-0.05, 0) is 35.8 Å². The molecular weight excluding hydrogens is 494 g/mol. The summed E-state index contributed by atoms with van der Waals surface area (Å²) in [6.07, 6.45) is -5.09. The third kappa shape index (κ3) is 6.02. The highest BCUT2D eigenvalue weighted by Gasteiger charge is 2.28. The molecule has 1 aliphatic rings. The lowest BCUT2D eigenvalue weighted by atomic mass is 10.1. The molecule has 0 atom stereocenters. The minimum atomic E-state index is -4.36. The summed E-state index contributed by atoms with van der Waals surface area (Å²) in [6, 6.07) is 5.91. The Balaban J connectivity index is 1.45. The molecule has 35 heavy (non-hydrogen) atoms. The Morgan fingerprint density at radius 1 is 1.00 bits per heavy atom. The third-order valence-electron chi connectivity index (χ3n) is 5.39. The molecule has 0 unspecified atom stereocenters. The molecule has 9 nitrogen and oxygen atoms in total. The van der Waals surface area contributed by atoms with Crippen molar-refractivity contribution >= 4 is 22.6 Å². The Morgan fingerprint density at radius 3 is 2.43 bits per heavy atom. The number of tetrazole rings is 1. The summed E-state index contributed by atoms with van der Waals surface area (Å²) in [5.74, 6) is 0.0947. The number of hydrogen-bond acceptors (Lipinski definition) is 6. The van der Waals surface area contributed by atoms with Crippen molar-refractivity contribution in [1.82, 2.24) is 29.3 Å². The first-order valence-electron chi connectivity index (χ1n) is 10.8. The fraction of sp³-hybridized carbons (Fsp3) is 0.429. The number of halogens is 5. The topological polar surface area (TPSA) is 100.0 Å². The van der Waals surface area contributed by atoms with E-state index in [-0.39, 0.29) is 61.3 Å². The predicted molar refractivity (Wildman–Crippen MR) is 119 cm³/mol. The zero-order valence-electron chi connectivity index (χ0n) is 18.3. The van der Waals surface area contributed by atoms with Crippen LogP contribution in [0.25, 0.3) is 0 Å². The zero-order valence-corrected chi connectivity index (χ0v) is 19.1. The first-order chi connectivity index (χ1) is 16.6. The summed E-state index contributed by atoms with van der Waals surface area (Å²) in [5, 5.41) is 12.2. The van der Waals surface area contributed by atoms with Gasteiger partial charge < -0.3 is 0 Å². The summed E-state index contributed by atoms with van der Waals surface area (Å²) in [6.45, 7) is -0.00656. The van der Waals surface area contributed by atoms with Gasteiger partial charge in [0.25, 0.3) is 5.56 Å². The average Bonchev–Trinajstić information content (AvgIpc) is 3.40. The minimum Gasteiger partial charge on any atom is -0.278 e. The standard InChI is InChI=1S/C21H20ClF4N7O2/c22-16-12-15-18(27-16)31(8-1-7-21(24,25)26)20(35)32(19(15)34)9-2-10-33-29-17(28-30-33)11-13-3-5-14(23)6-4-13/h3-6H,1-2,7-12H2. The number of aliphatic imine (C=N–C) groups is 1. The number of rotatable bonds is 9. The van der Waals surface area contributed by atoms with E-state index in [0.29, 0.717) is 12.2 Å². The Morgan fingerprint density at radius 2 is 1.71 bits per heavy atom. The summed E-state index contributed by atoms with van der Waals surface area (Å²) in [7, 11) is 0. The van der Waals surface area contributed by atoms with Crippen molar-refractivity contribution in [3.8, 4) is 0 Å². The predicted octanol–water partition coefficient (Wildman–Crippen LogP) is 2.98. The molecule has 0 saturated carbocycles. The second kappa shape index (κ2) is 10.1. The van der Waals surface area contributed by atoms with E-state index in [0.717, 1.165) is 14.7 Å². The second-order valence-electron chi connectivity index (χ2n) is 8.04. The molecular formula is C21H20ClF4N7O2. The van der Waals surface area contributed by atoms with Crippen LogP contribution >= 0.6 is 11.6 Å². The molecule has 3 aromatic rings. The molecule has 0 saturated heterocycles. The van der Waals surface area contributed by atoms with Gasteiger partial charge in [-0.15, -0.1) is 10.2 Å². The Hall–Kier alpha value is -3.35. The Labute approximate surface area is 200 Å². The first kappa shape index (κ1) is 24.8. The van der Waals surface area contributed by atoms with Gasteiger partial charge in [-0.25, -0.2) is 14.2 Å². The van der Waals surface area contributed by atoms with Crippen LogP contribution in [-0.4, -0.2) is 40.7 Å². The van der Waals surface area contributed by atoms with Crippen molar-refractivity contribution in [2.75, 3.05) is 0 Å². The highest BCUT2D eigenvalue weighted by Crippen LogP contribution is 2.26. The van der Waals surface area contributed by atoms with Crippen molar-refractivity contribution in [1.29, 1.82) is 0 Å². The average molecular weight is 514 g/mol. The molecule has 0 aliphatic carbocycles. The van der Waals surface area contributed by atoms with Crippen LogP contribution in [-0.2, 0) is 32.5 Å². The van der Waals surface area contributed by atoms with Crippen LogP contribution in [0.3, 0.4) is 0 Å². The molecule has 0 N–H and O–H groups in total. The molecule has 1 aliphatic heterocycles. The van der Waals surface area contributed by atoms with Gasteiger partial charge in [0.05, 0.1) is 12.1 Å². The van der Waals surface area contributed by atoms with E-state index < -0.39 is 23.8 Å².